The lowest BCUT2D eigenvalue weighted by atomic mass is 10.2. The van der Waals surface area contributed by atoms with E-state index in [1.807, 2.05) is 32.0 Å². The van der Waals surface area contributed by atoms with Gasteiger partial charge in [0.25, 0.3) is 0 Å². The van der Waals surface area contributed by atoms with Crippen molar-refractivity contribution >= 4 is 16.8 Å². The van der Waals surface area contributed by atoms with Crippen LogP contribution in [0.25, 0.3) is 0 Å². The van der Waals surface area contributed by atoms with Gasteiger partial charge < -0.3 is 9.52 Å². The Morgan fingerprint density at radius 2 is 1.95 bits per heavy atom. The molecule has 0 aliphatic heterocycles. The van der Waals surface area contributed by atoms with Crippen molar-refractivity contribution in [3.63, 3.8) is 0 Å². The molecule has 20 heavy (non-hydrogen) atoms. The minimum atomic E-state index is -1.22. The summed E-state index contributed by atoms with van der Waals surface area (Å²) in [6, 6.07) is 7.21. The Balaban J connectivity index is 2.25. The molecule has 1 N–H and O–H groups in total. The molecule has 2 rings (SSSR count). The summed E-state index contributed by atoms with van der Waals surface area (Å²) in [5.41, 5.74) is 2.76. The second-order valence-corrected chi connectivity index (χ2v) is 6.18. The third kappa shape index (κ3) is 2.99. The zero-order chi connectivity index (χ0) is 14.9. The summed E-state index contributed by atoms with van der Waals surface area (Å²) in [7, 11) is -1.22. The Labute approximate surface area is 119 Å². The quantitative estimate of drug-likeness (QED) is 0.939. The van der Waals surface area contributed by atoms with Crippen molar-refractivity contribution in [2.75, 3.05) is 0 Å². The van der Waals surface area contributed by atoms with Crippen LogP contribution < -0.4 is 0 Å². The van der Waals surface area contributed by atoms with Crippen molar-refractivity contribution in [1.29, 1.82) is 0 Å². The molecule has 1 atom stereocenters. The Kier molecular flexibility index (Phi) is 4.09. The number of carboxylic acids is 1. The largest absolute Gasteiger partial charge is 0.475 e. The van der Waals surface area contributed by atoms with Gasteiger partial charge in [0.2, 0.25) is 5.76 Å². The summed E-state index contributed by atoms with van der Waals surface area (Å²) in [5.74, 6) is -0.473. The van der Waals surface area contributed by atoms with Gasteiger partial charge in [0, 0.05) is 10.5 Å². The summed E-state index contributed by atoms with van der Waals surface area (Å²) in [4.78, 5) is 11.6. The summed E-state index contributed by atoms with van der Waals surface area (Å²) in [5, 5.41) is 8.88. The van der Waals surface area contributed by atoms with Gasteiger partial charge in [0.05, 0.1) is 16.6 Å². The van der Waals surface area contributed by atoms with E-state index in [1.165, 1.54) is 6.07 Å². The predicted octanol–water partition coefficient (Wildman–Crippen LogP) is 3.21. The van der Waals surface area contributed by atoms with Crippen LogP contribution in [0.3, 0.4) is 0 Å². The third-order valence-electron chi connectivity index (χ3n) is 3.09. The van der Waals surface area contributed by atoms with Gasteiger partial charge in [-0.3, -0.25) is 4.21 Å². The number of carbonyl (C=O) groups is 1. The lowest BCUT2D eigenvalue weighted by Crippen LogP contribution is -1.99. The maximum atomic E-state index is 12.4. The number of aryl methyl sites for hydroxylation is 3. The first-order chi connectivity index (χ1) is 9.38. The number of hydrogen-bond donors (Lipinski definition) is 1. The fourth-order valence-corrected chi connectivity index (χ4v) is 3.40. The van der Waals surface area contributed by atoms with Crippen LogP contribution in [0.2, 0.25) is 0 Å². The Hall–Kier alpha value is -1.88. The molecule has 0 aliphatic carbocycles. The molecule has 0 spiro atoms. The van der Waals surface area contributed by atoms with E-state index in [0.29, 0.717) is 11.3 Å². The van der Waals surface area contributed by atoms with Crippen molar-refractivity contribution in [1.82, 2.24) is 0 Å². The third-order valence-corrected chi connectivity index (χ3v) is 4.62. The molecular weight excluding hydrogens is 276 g/mol. The summed E-state index contributed by atoms with van der Waals surface area (Å²) >= 11 is 0. The summed E-state index contributed by atoms with van der Waals surface area (Å²) in [6.07, 6.45) is 0. The molecule has 2 aromatic rings. The van der Waals surface area contributed by atoms with E-state index < -0.39 is 16.8 Å². The van der Waals surface area contributed by atoms with Crippen molar-refractivity contribution in [2.45, 2.75) is 31.4 Å². The highest BCUT2D eigenvalue weighted by molar-refractivity contribution is 7.84. The van der Waals surface area contributed by atoms with Gasteiger partial charge in [0.1, 0.15) is 5.76 Å². The van der Waals surface area contributed by atoms with E-state index in [1.54, 1.807) is 6.92 Å². The molecule has 1 unspecified atom stereocenters. The molecule has 0 bridgehead atoms. The molecule has 4 nitrogen and oxygen atoms in total. The van der Waals surface area contributed by atoms with Crippen LogP contribution in [0, 0.1) is 20.8 Å². The van der Waals surface area contributed by atoms with E-state index in [9.17, 15) is 9.00 Å². The zero-order valence-electron chi connectivity index (χ0n) is 11.6. The Bertz CT molecular complexity index is 685. The van der Waals surface area contributed by atoms with Gasteiger partial charge in [-0.1, -0.05) is 17.7 Å². The van der Waals surface area contributed by atoms with Crippen LogP contribution in [0.5, 0.6) is 0 Å². The molecule has 0 saturated carbocycles. The first-order valence-corrected chi connectivity index (χ1v) is 7.48. The zero-order valence-corrected chi connectivity index (χ0v) is 12.4. The molecule has 0 aliphatic rings. The Morgan fingerprint density at radius 1 is 1.25 bits per heavy atom. The van der Waals surface area contributed by atoms with Crippen LogP contribution in [-0.4, -0.2) is 15.3 Å². The summed E-state index contributed by atoms with van der Waals surface area (Å²) in [6.45, 7) is 5.59. The lowest BCUT2D eigenvalue weighted by molar-refractivity contribution is 0.0661. The van der Waals surface area contributed by atoms with E-state index in [4.69, 9.17) is 9.52 Å². The first-order valence-electron chi connectivity index (χ1n) is 6.16. The van der Waals surface area contributed by atoms with Crippen LogP contribution in [0.1, 0.15) is 33.0 Å². The van der Waals surface area contributed by atoms with Gasteiger partial charge in [-0.05, 0) is 38.5 Å². The van der Waals surface area contributed by atoms with Crippen molar-refractivity contribution in [3.05, 3.63) is 52.5 Å². The molecule has 106 valence electrons. The van der Waals surface area contributed by atoms with E-state index >= 15 is 0 Å². The highest BCUT2D eigenvalue weighted by Crippen LogP contribution is 2.21. The van der Waals surface area contributed by atoms with Crippen LogP contribution in [0.15, 0.2) is 33.6 Å². The number of aromatic carboxylic acids is 1. The van der Waals surface area contributed by atoms with Crippen LogP contribution in [0.4, 0.5) is 0 Å². The van der Waals surface area contributed by atoms with E-state index in [-0.39, 0.29) is 11.5 Å². The van der Waals surface area contributed by atoms with Crippen molar-refractivity contribution < 1.29 is 18.5 Å². The van der Waals surface area contributed by atoms with Crippen molar-refractivity contribution in [2.24, 2.45) is 0 Å². The molecule has 1 aromatic carbocycles. The molecular formula is C15H16O4S. The number of rotatable bonds is 4. The smallest absolute Gasteiger partial charge is 0.371 e. The van der Waals surface area contributed by atoms with E-state index in [2.05, 4.69) is 0 Å². The predicted molar refractivity (Wildman–Crippen MR) is 76.4 cm³/mol. The molecule has 1 aromatic heterocycles. The highest BCUT2D eigenvalue weighted by Gasteiger charge is 2.16. The molecule has 0 radical (unpaired) electrons. The number of benzene rings is 1. The molecule has 0 saturated heterocycles. The second kappa shape index (κ2) is 5.63. The molecule has 0 fully saturated rings. The molecule has 1 heterocycles. The van der Waals surface area contributed by atoms with Crippen molar-refractivity contribution in [3.8, 4) is 0 Å². The van der Waals surface area contributed by atoms with Gasteiger partial charge in [-0.2, -0.15) is 0 Å². The number of carboxylic acid groups (broad SMARTS) is 1. The van der Waals surface area contributed by atoms with Gasteiger partial charge >= 0.3 is 5.97 Å². The van der Waals surface area contributed by atoms with Gasteiger partial charge in [-0.15, -0.1) is 0 Å². The lowest BCUT2D eigenvalue weighted by Gasteiger charge is -2.06. The molecule has 5 heteroatoms. The average Bonchev–Trinajstić information content (AvgIpc) is 2.71. The van der Waals surface area contributed by atoms with Crippen LogP contribution >= 0.6 is 0 Å². The monoisotopic (exact) mass is 292 g/mol. The minimum Gasteiger partial charge on any atom is -0.475 e. The fourth-order valence-electron chi connectivity index (χ4n) is 2.04. The standard InChI is InChI=1S/C15H16O4S/c1-9-4-5-14(10(2)6-9)20(18)8-12-7-13(15(16)17)19-11(12)3/h4-7H,8H2,1-3H3,(H,16,17). The van der Waals surface area contributed by atoms with Gasteiger partial charge in [0.15, 0.2) is 0 Å². The maximum Gasteiger partial charge on any atom is 0.371 e. The Morgan fingerprint density at radius 3 is 2.50 bits per heavy atom. The van der Waals surface area contributed by atoms with E-state index in [0.717, 1.165) is 16.0 Å². The average molecular weight is 292 g/mol. The second-order valence-electron chi connectivity index (χ2n) is 4.76. The first kappa shape index (κ1) is 14.5. The summed E-state index contributed by atoms with van der Waals surface area (Å²) < 4.78 is 17.5. The topological polar surface area (TPSA) is 67.5 Å². The maximum absolute atomic E-state index is 12.4. The normalized spacial score (nSPS) is 12.3. The number of hydrogen-bond acceptors (Lipinski definition) is 3. The highest BCUT2D eigenvalue weighted by atomic mass is 32.2. The fraction of sp³-hybridized carbons (Fsp3) is 0.267. The van der Waals surface area contributed by atoms with Crippen LogP contribution in [-0.2, 0) is 16.6 Å². The number of furan rings is 1. The SMILES string of the molecule is Cc1ccc(S(=O)Cc2cc(C(=O)O)oc2C)c(C)c1. The van der Waals surface area contributed by atoms with Gasteiger partial charge in [-0.25, -0.2) is 4.79 Å². The molecule has 0 amide bonds. The minimum absolute atomic E-state index is 0.116.